The molecule has 0 saturated carbocycles. The first-order chi connectivity index (χ1) is 13.1. The van der Waals surface area contributed by atoms with Crippen molar-refractivity contribution in [2.75, 3.05) is 32.7 Å². The van der Waals surface area contributed by atoms with Crippen LogP contribution < -0.4 is 5.32 Å². The maximum absolute atomic E-state index is 12.4. The fraction of sp³-hybridized carbons (Fsp3) is 0.381. The molecule has 3 rings (SSSR count). The molecule has 2 aromatic rings. The number of hydrogen-bond donors (Lipinski definition) is 1. The lowest BCUT2D eigenvalue weighted by Crippen LogP contribution is -2.51. The van der Waals surface area contributed by atoms with Gasteiger partial charge in [-0.2, -0.15) is 0 Å². The molecule has 6 heteroatoms. The van der Waals surface area contributed by atoms with Gasteiger partial charge in [-0.1, -0.05) is 42.5 Å². The van der Waals surface area contributed by atoms with Gasteiger partial charge in [0.05, 0.1) is 6.54 Å². The molecule has 1 N–H and O–H groups in total. The zero-order valence-corrected chi connectivity index (χ0v) is 16.1. The molecule has 142 valence electrons. The lowest BCUT2D eigenvalue weighted by Gasteiger charge is -2.34. The van der Waals surface area contributed by atoms with Crippen LogP contribution in [0, 0.1) is 13.8 Å². The van der Waals surface area contributed by atoms with Crippen molar-refractivity contribution >= 4 is 12.1 Å². The molecule has 0 aliphatic carbocycles. The van der Waals surface area contributed by atoms with Gasteiger partial charge in [0.2, 0.25) is 0 Å². The van der Waals surface area contributed by atoms with E-state index >= 15 is 0 Å². The summed E-state index contributed by atoms with van der Waals surface area (Å²) in [5.74, 6) is 0.658. The number of carbonyl (C=O) groups excluding carboxylic acids is 1. The van der Waals surface area contributed by atoms with E-state index in [1.807, 2.05) is 43.0 Å². The van der Waals surface area contributed by atoms with Crippen molar-refractivity contribution < 1.29 is 4.79 Å². The Balaban J connectivity index is 1.40. The van der Waals surface area contributed by atoms with Crippen LogP contribution in [0.25, 0.3) is 6.08 Å². The molecule has 6 nitrogen and oxygen atoms in total. The summed E-state index contributed by atoms with van der Waals surface area (Å²) in [6.45, 7) is 8.37. The van der Waals surface area contributed by atoms with Gasteiger partial charge in [-0.05, 0) is 25.5 Å². The van der Waals surface area contributed by atoms with Gasteiger partial charge in [0, 0.05) is 44.1 Å². The molecule has 1 aromatic carbocycles. The number of hydrogen-bond acceptors (Lipinski definition) is 4. The molecular weight excluding hydrogens is 338 g/mol. The molecule has 0 atom stereocenters. The van der Waals surface area contributed by atoms with Crippen molar-refractivity contribution in [3.05, 3.63) is 65.2 Å². The Hall–Kier alpha value is -2.73. The van der Waals surface area contributed by atoms with E-state index in [0.717, 1.165) is 44.1 Å². The zero-order valence-electron chi connectivity index (χ0n) is 16.1. The predicted octanol–water partition coefficient (Wildman–Crippen LogP) is 2.63. The van der Waals surface area contributed by atoms with Gasteiger partial charge in [0.1, 0.15) is 5.82 Å². The zero-order chi connectivity index (χ0) is 19.1. The average Bonchev–Trinajstić information content (AvgIpc) is 2.67. The predicted molar refractivity (Wildman–Crippen MR) is 107 cm³/mol. The molecule has 2 heterocycles. The first kappa shape index (κ1) is 19.0. The summed E-state index contributed by atoms with van der Waals surface area (Å²) in [6, 6.07) is 12.2. The topological polar surface area (TPSA) is 61.4 Å². The number of urea groups is 1. The number of nitrogens with one attached hydrogen (secondary N) is 1. The third-order valence-electron chi connectivity index (χ3n) is 4.56. The van der Waals surface area contributed by atoms with E-state index in [1.165, 1.54) is 5.56 Å². The minimum Gasteiger partial charge on any atom is -0.331 e. The minimum atomic E-state index is -0.0442. The summed E-state index contributed by atoms with van der Waals surface area (Å²) in [6.07, 6.45) is 4.32. The normalized spacial score (nSPS) is 15.3. The van der Waals surface area contributed by atoms with Crippen LogP contribution in [0.15, 0.2) is 42.5 Å². The third-order valence-corrected chi connectivity index (χ3v) is 4.56. The Morgan fingerprint density at radius 3 is 2.41 bits per heavy atom. The number of benzene rings is 1. The molecule has 0 radical (unpaired) electrons. The second kappa shape index (κ2) is 9.28. The molecular formula is C21H27N5O. The van der Waals surface area contributed by atoms with Gasteiger partial charge < -0.3 is 10.2 Å². The summed E-state index contributed by atoms with van der Waals surface area (Å²) in [5, 5.41) is 2.93. The fourth-order valence-electron chi connectivity index (χ4n) is 3.18. The molecule has 1 saturated heterocycles. The molecule has 2 amide bonds. The Morgan fingerprint density at radius 1 is 1.07 bits per heavy atom. The van der Waals surface area contributed by atoms with Gasteiger partial charge in [-0.25, -0.2) is 14.8 Å². The van der Waals surface area contributed by atoms with Crippen LogP contribution in [0.5, 0.6) is 0 Å². The van der Waals surface area contributed by atoms with Gasteiger partial charge in [-0.15, -0.1) is 0 Å². The molecule has 1 fully saturated rings. The number of carbonyl (C=O) groups is 1. The van der Waals surface area contributed by atoms with E-state index in [-0.39, 0.29) is 6.03 Å². The maximum atomic E-state index is 12.4. The van der Waals surface area contributed by atoms with Gasteiger partial charge in [-0.3, -0.25) is 4.90 Å². The fourth-order valence-corrected chi connectivity index (χ4v) is 3.18. The van der Waals surface area contributed by atoms with E-state index in [2.05, 4.69) is 44.5 Å². The van der Waals surface area contributed by atoms with Crippen LogP contribution in [0.4, 0.5) is 4.79 Å². The summed E-state index contributed by atoms with van der Waals surface area (Å²) in [7, 11) is 0. The molecule has 0 unspecified atom stereocenters. The Labute approximate surface area is 160 Å². The second-order valence-corrected chi connectivity index (χ2v) is 6.83. The Kier molecular flexibility index (Phi) is 6.54. The monoisotopic (exact) mass is 365 g/mol. The smallest absolute Gasteiger partial charge is 0.317 e. The van der Waals surface area contributed by atoms with E-state index < -0.39 is 0 Å². The summed E-state index contributed by atoms with van der Waals surface area (Å²) < 4.78 is 0. The van der Waals surface area contributed by atoms with E-state index in [4.69, 9.17) is 0 Å². The first-order valence-electron chi connectivity index (χ1n) is 9.38. The highest BCUT2D eigenvalue weighted by Gasteiger charge is 2.20. The highest BCUT2D eigenvalue weighted by molar-refractivity contribution is 5.74. The largest absolute Gasteiger partial charge is 0.331 e. The van der Waals surface area contributed by atoms with Crippen molar-refractivity contribution in [2.45, 2.75) is 20.4 Å². The first-order valence-corrected chi connectivity index (χ1v) is 9.38. The van der Waals surface area contributed by atoms with Crippen LogP contribution in [0.1, 0.15) is 22.8 Å². The number of nitrogens with zero attached hydrogens (tertiary/aromatic N) is 4. The molecule has 0 bridgehead atoms. The van der Waals surface area contributed by atoms with Gasteiger partial charge >= 0.3 is 6.03 Å². The van der Waals surface area contributed by atoms with Crippen molar-refractivity contribution in [3.8, 4) is 0 Å². The molecule has 1 aliphatic heterocycles. The van der Waals surface area contributed by atoms with Crippen LogP contribution >= 0.6 is 0 Å². The van der Waals surface area contributed by atoms with Crippen molar-refractivity contribution in [2.24, 2.45) is 0 Å². The SMILES string of the molecule is Cc1cc(C)nc(CNC(=O)N2CCN(C/C=C/c3ccccc3)CC2)n1. The number of rotatable bonds is 5. The van der Waals surface area contributed by atoms with Crippen molar-refractivity contribution in [3.63, 3.8) is 0 Å². The summed E-state index contributed by atoms with van der Waals surface area (Å²) in [5.41, 5.74) is 3.05. The number of amides is 2. The molecule has 1 aliphatic rings. The summed E-state index contributed by atoms with van der Waals surface area (Å²) in [4.78, 5) is 25.3. The Morgan fingerprint density at radius 2 is 1.74 bits per heavy atom. The lowest BCUT2D eigenvalue weighted by atomic mass is 10.2. The van der Waals surface area contributed by atoms with Crippen molar-refractivity contribution in [1.29, 1.82) is 0 Å². The quantitative estimate of drug-likeness (QED) is 0.885. The number of piperazine rings is 1. The van der Waals surface area contributed by atoms with E-state index in [9.17, 15) is 4.79 Å². The van der Waals surface area contributed by atoms with Gasteiger partial charge in [0.15, 0.2) is 0 Å². The standard InChI is InChI=1S/C21H27N5O/c1-17-15-18(2)24-20(23-17)16-22-21(27)26-13-11-25(12-14-26)10-6-9-19-7-4-3-5-8-19/h3-9,15H,10-14,16H2,1-2H3,(H,22,27)/b9-6+. The minimum absolute atomic E-state index is 0.0442. The van der Waals surface area contributed by atoms with Crippen molar-refractivity contribution in [1.82, 2.24) is 25.1 Å². The number of aryl methyl sites for hydroxylation is 2. The maximum Gasteiger partial charge on any atom is 0.317 e. The molecule has 1 aromatic heterocycles. The summed E-state index contributed by atoms with van der Waals surface area (Å²) >= 11 is 0. The van der Waals surface area contributed by atoms with E-state index in [0.29, 0.717) is 12.4 Å². The molecule has 27 heavy (non-hydrogen) atoms. The van der Waals surface area contributed by atoms with Crippen LogP contribution in [-0.2, 0) is 6.54 Å². The highest BCUT2D eigenvalue weighted by atomic mass is 16.2. The third kappa shape index (κ3) is 5.89. The Bertz CT molecular complexity index is 762. The van der Waals surface area contributed by atoms with Crippen LogP contribution in [-0.4, -0.2) is 58.5 Å². The van der Waals surface area contributed by atoms with Gasteiger partial charge in [0.25, 0.3) is 0 Å². The second-order valence-electron chi connectivity index (χ2n) is 6.83. The molecule has 0 spiro atoms. The van der Waals surface area contributed by atoms with E-state index in [1.54, 1.807) is 0 Å². The lowest BCUT2D eigenvalue weighted by molar-refractivity contribution is 0.146. The van der Waals surface area contributed by atoms with Crippen LogP contribution in [0.3, 0.4) is 0 Å². The highest BCUT2D eigenvalue weighted by Crippen LogP contribution is 2.05. The number of aromatic nitrogens is 2. The average molecular weight is 365 g/mol. The van der Waals surface area contributed by atoms with Crippen LogP contribution in [0.2, 0.25) is 0 Å².